The van der Waals surface area contributed by atoms with E-state index in [0.29, 0.717) is 22.2 Å². The number of anilines is 1. The molecule has 0 saturated heterocycles. The Morgan fingerprint density at radius 2 is 1.78 bits per heavy atom. The van der Waals surface area contributed by atoms with E-state index in [1.807, 2.05) is 6.92 Å². The van der Waals surface area contributed by atoms with Crippen molar-refractivity contribution < 1.29 is 18.7 Å². The normalized spacial score (nSPS) is 11.1. The van der Waals surface area contributed by atoms with E-state index in [9.17, 15) is 14.0 Å². The maximum absolute atomic E-state index is 13.7. The number of nitrogens with zero attached hydrogens (tertiary/aromatic N) is 1. The zero-order valence-electron chi connectivity index (χ0n) is 17.5. The molecule has 0 aliphatic rings. The second kappa shape index (κ2) is 10.5. The smallest absolute Gasteiger partial charge is 0.277 e. The monoisotopic (exact) mass is 453 g/mol. The molecule has 0 aliphatic heterocycles. The van der Waals surface area contributed by atoms with Gasteiger partial charge in [-0.3, -0.25) is 9.59 Å². The Bertz CT molecular complexity index is 1160. The fraction of sp³-hybridized carbons (Fsp3) is 0.125. The van der Waals surface area contributed by atoms with Crippen molar-refractivity contribution in [2.24, 2.45) is 5.10 Å². The van der Waals surface area contributed by atoms with Gasteiger partial charge in [0.15, 0.2) is 6.61 Å². The summed E-state index contributed by atoms with van der Waals surface area (Å²) in [5.74, 6) is -0.999. The maximum Gasteiger partial charge on any atom is 0.277 e. The molecule has 0 heterocycles. The number of ether oxygens (including phenoxy) is 1. The van der Waals surface area contributed by atoms with Crippen LogP contribution in [0.4, 0.5) is 10.1 Å². The van der Waals surface area contributed by atoms with Crippen LogP contribution < -0.4 is 15.5 Å². The zero-order chi connectivity index (χ0) is 23.1. The minimum Gasteiger partial charge on any atom is -0.484 e. The molecule has 2 N–H and O–H groups in total. The Labute approximate surface area is 190 Å². The van der Waals surface area contributed by atoms with Crippen LogP contribution in [0.15, 0.2) is 71.8 Å². The summed E-state index contributed by atoms with van der Waals surface area (Å²) in [4.78, 5) is 24.2. The van der Waals surface area contributed by atoms with Gasteiger partial charge in [0.1, 0.15) is 11.6 Å². The Morgan fingerprint density at radius 1 is 1.06 bits per heavy atom. The van der Waals surface area contributed by atoms with Gasteiger partial charge in [-0.15, -0.1) is 0 Å². The van der Waals surface area contributed by atoms with Crippen molar-refractivity contribution in [1.29, 1.82) is 0 Å². The Morgan fingerprint density at radius 3 is 2.47 bits per heavy atom. The molecule has 0 atom stereocenters. The summed E-state index contributed by atoms with van der Waals surface area (Å²) >= 11 is 5.97. The van der Waals surface area contributed by atoms with Crippen LogP contribution in [0.25, 0.3) is 0 Å². The van der Waals surface area contributed by atoms with Crippen LogP contribution in [0.5, 0.6) is 5.75 Å². The SMILES string of the molecule is C/C(=N\NC(=O)COc1ccc(Cl)c(C)c1)c1ccc(NC(=O)c2ccccc2F)cc1. The van der Waals surface area contributed by atoms with Crippen molar-refractivity contribution in [2.75, 3.05) is 11.9 Å². The van der Waals surface area contributed by atoms with Gasteiger partial charge < -0.3 is 10.1 Å². The van der Waals surface area contributed by atoms with Gasteiger partial charge in [-0.2, -0.15) is 5.10 Å². The predicted molar refractivity (Wildman–Crippen MR) is 123 cm³/mol. The van der Waals surface area contributed by atoms with E-state index < -0.39 is 17.6 Å². The number of rotatable bonds is 7. The van der Waals surface area contributed by atoms with Gasteiger partial charge in [-0.25, -0.2) is 9.82 Å². The van der Waals surface area contributed by atoms with Crippen LogP contribution >= 0.6 is 11.6 Å². The third-order valence-corrected chi connectivity index (χ3v) is 4.95. The van der Waals surface area contributed by atoms with E-state index in [2.05, 4.69) is 15.8 Å². The third-order valence-electron chi connectivity index (χ3n) is 4.53. The summed E-state index contributed by atoms with van der Waals surface area (Å²) in [6.45, 7) is 3.38. The average molecular weight is 454 g/mol. The number of benzene rings is 3. The molecule has 0 unspecified atom stereocenters. The molecule has 0 saturated carbocycles. The van der Waals surface area contributed by atoms with Gasteiger partial charge in [0.05, 0.1) is 11.3 Å². The Kier molecular flexibility index (Phi) is 7.57. The average Bonchev–Trinajstić information content (AvgIpc) is 2.79. The number of hydrogen-bond acceptors (Lipinski definition) is 4. The van der Waals surface area contributed by atoms with Gasteiger partial charge in [-0.05, 0) is 67.4 Å². The molecule has 0 aliphatic carbocycles. The van der Waals surface area contributed by atoms with Crippen LogP contribution in [0.1, 0.15) is 28.4 Å². The number of hydrazone groups is 1. The first-order chi connectivity index (χ1) is 15.3. The fourth-order valence-electron chi connectivity index (χ4n) is 2.74. The summed E-state index contributed by atoms with van der Waals surface area (Å²) in [5, 5.41) is 7.33. The van der Waals surface area contributed by atoms with Crippen molar-refractivity contribution in [3.05, 3.63) is 94.3 Å². The minimum absolute atomic E-state index is 0.0342. The van der Waals surface area contributed by atoms with Crippen molar-refractivity contribution in [2.45, 2.75) is 13.8 Å². The van der Waals surface area contributed by atoms with Gasteiger partial charge in [0.2, 0.25) is 0 Å². The number of nitrogens with one attached hydrogen (secondary N) is 2. The zero-order valence-corrected chi connectivity index (χ0v) is 18.2. The fourth-order valence-corrected chi connectivity index (χ4v) is 2.85. The van der Waals surface area contributed by atoms with Crippen LogP contribution in [0, 0.1) is 12.7 Å². The number of aryl methyl sites for hydroxylation is 1. The molecule has 3 rings (SSSR count). The Hall–Kier alpha value is -3.71. The molecule has 3 aromatic rings. The molecule has 6 nitrogen and oxygen atoms in total. The van der Waals surface area contributed by atoms with Crippen LogP contribution in [0.2, 0.25) is 5.02 Å². The van der Waals surface area contributed by atoms with Crippen molar-refractivity contribution in [3.63, 3.8) is 0 Å². The maximum atomic E-state index is 13.7. The summed E-state index contributed by atoms with van der Waals surface area (Å²) in [6, 6.07) is 17.7. The van der Waals surface area contributed by atoms with Crippen molar-refractivity contribution in [3.8, 4) is 5.75 Å². The van der Waals surface area contributed by atoms with E-state index >= 15 is 0 Å². The lowest BCUT2D eigenvalue weighted by Gasteiger charge is -2.08. The topological polar surface area (TPSA) is 79.8 Å². The molecule has 32 heavy (non-hydrogen) atoms. The second-order valence-corrected chi connectivity index (χ2v) is 7.35. The van der Waals surface area contributed by atoms with E-state index in [-0.39, 0.29) is 12.2 Å². The van der Waals surface area contributed by atoms with Gasteiger partial charge in [0, 0.05) is 10.7 Å². The summed E-state index contributed by atoms with van der Waals surface area (Å²) < 4.78 is 19.2. The molecule has 0 aromatic heterocycles. The number of carbonyl (C=O) groups is 2. The molecule has 2 amide bonds. The van der Waals surface area contributed by atoms with Gasteiger partial charge in [0.25, 0.3) is 11.8 Å². The van der Waals surface area contributed by atoms with Crippen molar-refractivity contribution in [1.82, 2.24) is 5.43 Å². The first kappa shape index (κ1) is 23.0. The third kappa shape index (κ3) is 6.15. The molecule has 0 radical (unpaired) electrons. The largest absolute Gasteiger partial charge is 0.484 e. The molecular formula is C24H21ClFN3O3. The highest BCUT2D eigenvalue weighted by atomic mass is 35.5. The molecule has 0 fully saturated rings. The number of halogens is 2. The highest BCUT2D eigenvalue weighted by Crippen LogP contribution is 2.21. The number of amides is 2. The van der Waals surface area contributed by atoms with Gasteiger partial charge in [-0.1, -0.05) is 35.9 Å². The molecular weight excluding hydrogens is 433 g/mol. The lowest BCUT2D eigenvalue weighted by atomic mass is 10.1. The predicted octanol–water partition coefficient (Wildman–Crippen LogP) is 4.96. The highest BCUT2D eigenvalue weighted by Gasteiger charge is 2.11. The van der Waals surface area contributed by atoms with Crippen molar-refractivity contribution >= 4 is 34.8 Å². The second-order valence-electron chi connectivity index (χ2n) is 6.94. The standard InChI is InChI=1S/C24H21ClFN3O3/c1-15-13-19(11-12-21(15)25)32-14-23(30)29-28-16(2)17-7-9-18(10-8-17)27-24(31)20-5-3-4-6-22(20)26/h3-13H,14H2,1-2H3,(H,27,31)(H,29,30)/b28-16+. The first-order valence-corrected chi connectivity index (χ1v) is 10.1. The summed E-state index contributed by atoms with van der Waals surface area (Å²) in [6.07, 6.45) is 0. The van der Waals surface area contributed by atoms with E-state index in [4.69, 9.17) is 16.3 Å². The summed E-state index contributed by atoms with van der Waals surface area (Å²) in [5.41, 5.74) is 5.06. The lowest BCUT2D eigenvalue weighted by molar-refractivity contribution is -0.123. The number of hydrogen-bond donors (Lipinski definition) is 2. The van der Waals surface area contributed by atoms with Crippen LogP contribution in [0.3, 0.4) is 0 Å². The number of carbonyl (C=O) groups excluding carboxylic acids is 2. The van der Waals surface area contributed by atoms with Gasteiger partial charge >= 0.3 is 0 Å². The summed E-state index contributed by atoms with van der Waals surface area (Å²) in [7, 11) is 0. The molecule has 164 valence electrons. The molecule has 0 spiro atoms. The minimum atomic E-state index is -0.587. The van der Waals surface area contributed by atoms with E-state index in [1.54, 1.807) is 55.5 Å². The van der Waals surface area contributed by atoms with Crippen LogP contribution in [-0.4, -0.2) is 24.1 Å². The first-order valence-electron chi connectivity index (χ1n) is 9.72. The quantitative estimate of drug-likeness (QED) is 0.392. The lowest BCUT2D eigenvalue weighted by Crippen LogP contribution is -2.25. The molecule has 3 aromatic carbocycles. The van der Waals surface area contributed by atoms with E-state index in [1.165, 1.54) is 18.2 Å². The van der Waals surface area contributed by atoms with E-state index in [0.717, 1.165) is 11.1 Å². The van der Waals surface area contributed by atoms with Crippen LogP contribution in [-0.2, 0) is 4.79 Å². The molecule has 0 bridgehead atoms. The Balaban J connectivity index is 1.53. The highest BCUT2D eigenvalue weighted by molar-refractivity contribution is 6.31. The molecule has 8 heteroatoms.